The SMILES string of the molecule is Cc1ccc(NC(=O)N(CC(=O)Nc2cc(C(C)(C)C)nn2-c2ccc(C)cc2)CC(C)C)cc1. The fourth-order valence-electron chi connectivity index (χ4n) is 3.57. The highest BCUT2D eigenvalue weighted by molar-refractivity contribution is 5.96. The Bertz CT molecular complexity index is 1160. The van der Waals surface area contributed by atoms with E-state index >= 15 is 0 Å². The van der Waals surface area contributed by atoms with Crippen LogP contribution < -0.4 is 10.6 Å². The van der Waals surface area contributed by atoms with Gasteiger partial charge in [0.05, 0.1) is 11.4 Å². The normalized spacial score (nSPS) is 11.4. The Morgan fingerprint density at radius 1 is 0.943 bits per heavy atom. The van der Waals surface area contributed by atoms with E-state index in [0.717, 1.165) is 22.5 Å². The second-order valence-corrected chi connectivity index (χ2v) is 10.5. The van der Waals surface area contributed by atoms with Crippen LogP contribution in [0, 0.1) is 19.8 Å². The van der Waals surface area contributed by atoms with Crippen LogP contribution in [0.4, 0.5) is 16.3 Å². The zero-order chi connectivity index (χ0) is 25.8. The number of aromatic nitrogens is 2. The zero-order valence-electron chi connectivity index (χ0n) is 21.8. The number of carbonyl (C=O) groups excluding carboxylic acids is 2. The number of hydrogen-bond acceptors (Lipinski definition) is 3. The minimum Gasteiger partial charge on any atom is -0.315 e. The van der Waals surface area contributed by atoms with E-state index in [0.29, 0.717) is 18.1 Å². The Kier molecular flexibility index (Phi) is 7.99. The molecule has 0 atom stereocenters. The van der Waals surface area contributed by atoms with Crippen molar-refractivity contribution >= 4 is 23.4 Å². The molecule has 2 N–H and O–H groups in total. The van der Waals surface area contributed by atoms with Gasteiger partial charge in [0.25, 0.3) is 0 Å². The van der Waals surface area contributed by atoms with Crippen LogP contribution >= 0.6 is 0 Å². The summed E-state index contributed by atoms with van der Waals surface area (Å²) >= 11 is 0. The Morgan fingerprint density at radius 3 is 2.06 bits per heavy atom. The van der Waals surface area contributed by atoms with Gasteiger partial charge < -0.3 is 15.5 Å². The quantitative estimate of drug-likeness (QED) is 0.445. The van der Waals surface area contributed by atoms with Crippen molar-refractivity contribution in [2.75, 3.05) is 23.7 Å². The molecular weight excluding hydrogens is 438 g/mol. The molecule has 0 fully saturated rings. The molecule has 35 heavy (non-hydrogen) atoms. The van der Waals surface area contributed by atoms with Crippen molar-refractivity contribution < 1.29 is 9.59 Å². The van der Waals surface area contributed by atoms with Gasteiger partial charge in [0.2, 0.25) is 5.91 Å². The van der Waals surface area contributed by atoms with Gasteiger partial charge in [-0.05, 0) is 44.0 Å². The van der Waals surface area contributed by atoms with Crippen molar-refractivity contribution in [3.05, 3.63) is 71.4 Å². The van der Waals surface area contributed by atoms with E-state index in [9.17, 15) is 9.59 Å². The van der Waals surface area contributed by atoms with Gasteiger partial charge in [-0.25, -0.2) is 9.48 Å². The maximum absolute atomic E-state index is 13.1. The molecule has 0 aliphatic carbocycles. The van der Waals surface area contributed by atoms with Crippen molar-refractivity contribution in [3.8, 4) is 5.69 Å². The number of hydrogen-bond donors (Lipinski definition) is 2. The molecule has 1 heterocycles. The Balaban J connectivity index is 1.80. The molecule has 2 aromatic carbocycles. The number of rotatable bonds is 7. The summed E-state index contributed by atoms with van der Waals surface area (Å²) < 4.78 is 1.75. The molecule has 0 saturated carbocycles. The molecule has 1 aromatic heterocycles. The van der Waals surface area contributed by atoms with Crippen LogP contribution in [0.15, 0.2) is 54.6 Å². The maximum Gasteiger partial charge on any atom is 0.322 e. The predicted octanol–water partition coefficient (Wildman–Crippen LogP) is 5.92. The summed E-state index contributed by atoms with van der Waals surface area (Å²) in [6, 6.07) is 17.2. The first-order valence-corrected chi connectivity index (χ1v) is 12.0. The Labute approximate surface area is 208 Å². The topological polar surface area (TPSA) is 79.3 Å². The highest BCUT2D eigenvalue weighted by Gasteiger charge is 2.23. The lowest BCUT2D eigenvalue weighted by atomic mass is 9.92. The molecule has 0 bridgehead atoms. The molecule has 7 heteroatoms. The molecule has 0 aliphatic rings. The Hall–Kier alpha value is -3.61. The fourth-order valence-corrected chi connectivity index (χ4v) is 3.57. The fraction of sp³-hybridized carbons (Fsp3) is 0.393. The molecule has 3 rings (SSSR count). The summed E-state index contributed by atoms with van der Waals surface area (Å²) in [5.41, 5.74) is 4.49. The van der Waals surface area contributed by atoms with Crippen LogP contribution in [0.1, 0.15) is 51.4 Å². The van der Waals surface area contributed by atoms with Gasteiger partial charge in [0.1, 0.15) is 12.4 Å². The van der Waals surface area contributed by atoms with Crippen LogP contribution in [0.25, 0.3) is 5.69 Å². The average molecular weight is 476 g/mol. The van der Waals surface area contributed by atoms with E-state index in [1.807, 2.05) is 82.3 Å². The average Bonchev–Trinajstić information content (AvgIpc) is 3.19. The first kappa shape index (κ1) is 26.0. The van der Waals surface area contributed by atoms with Gasteiger partial charge in [-0.3, -0.25) is 4.79 Å². The monoisotopic (exact) mass is 475 g/mol. The number of urea groups is 1. The molecular formula is C28H37N5O2. The smallest absolute Gasteiger partial charge is 0.315 e. The number of amides is 3. The van der Waals surface area contributed by atoms with Gasteiger partial charge in [0, 0.05) is 23.7 Å². The van der Waals surface area contributed by atoms with Crippen LogP contribution in [-0.4, -0.2) is 39.7 Å². The molecule has 7 nitrogen and oxygen atoms in total. The van der Waals surface area contributed by atoms with E-state index in [1.165, 1.54) is 4.90 Å². The van der Waals surface area contributed by atoms with Gasteiger partial charge in [-0.15, -0.1) is 0 Å². The molecule has 3 aromatic rings. The van der Waals surface area contributed by atoms with Crippen LogP contribution in [-0.2, 0) is 10.2 Å². The molecule has 0 saturated heterocycles. The molecule has 0 spiro atoms. The number of anilines is 2. The highest BCUT2D eigenvalue weighted by atomic mass is 16.2. The summed E-state index contributed by atoms with van der Waals surface area (Å²) in [7, 11) is 0. The molecule has 0 unspecified atom stereocenters. The summed E-state index contributed by atoms with van der Waals surface area (Å²) in [4.78, 5) is 27.7. The maximum atomic E-state index is 13.1. The third-order valence-electron chi connectivity index (χ3n) is 5.53. The van der Waals surface area contributed by atoms with E-state index in [4.69, 9.17) is 5.10 Å². The molecule has 0 radical (unpaired) electrons. The number of carbonyl (C=O) groups is 2. The van der Waals surface area contributed by atoms with Crippen molar-refractivity contribution in [1.29, 1.82) is 0 Å². The predicted molar refractivity (Wildman–Crippen MR) is 142 cm³/mol. The lowest BCUT2D eigenvalue weighted by molar-refractivity contribution is -0.116. The third kappa shape index (κ3) is 7.18. The molecule has 0 aliphatic heterocycles. The van der Waals surface area contributed by atoms with Crippen molar-refractivity contribution in [2.45, 2.75) is 53.9 Å². The number of nitrogens with zero attached hydrogens (tertiary/aromatic N) is 3. The summed E-state index contributed by atoms with van der Waals surface area (Å²) in [5, 5.41) is 10.7. The lowest BCUT2D eigenvalue weighted by Gasteiger charge is -2.24. The van der Waals surface area contributed by atoms with Gasteiger partial charge in [0.15, 0.2) is 0 Å². The minimum absolute atomic E-state index is 0.0696. The number of benzene rings is 2. The summed E-state index contributed by atoms with van der Waals surface area (Å²) in [6.45, 7) is 14.7. The largest absolute Gasteiger partial charge is 0.322 e. The first-order valence-electron chi connectivity index (χ1n) is 12.0. The summed E-state index contributed by atoms with van der Waals surface area (Å²) in [5.74, 6) is 0.503. The first-order chi connectivity index (χ1) is 16.4. The second-order valence-electron chi connectivity index (χ2n) is 10.5. The molecule has 3 amide bonds. The van der Waals surface area contributed by atoms with Crippen LogP contribution in [0.2, 0.25) is 0 Å². The van der Waals surface area contributed by atoms with Crippen molar-refractivity contribution in [3.63, 3.8) is 0 Å². The Morgan fingerprint density at radius 2 is 1.51 bits per heavy atom. The van der Waals surface area contributed by atoms with Crippen LogP contribution in [0.3, 0.4) is 0 Å². The van der Waals surface area contributed by atoms with E-state index in [1.54, 1.807) is 4.68 Å². The zero-order valence-corrected chi connectivity index (χ0v) is 21.8. The van der Waals surface area contributed by atoms with E-state index in [2.05, 4.69) is 31.4 Å². The highest BCUT2D eigenvalue weighted by Crippen LogP contribution is 2.26. The van der Waals surface area contributed by atoms with Gasteiger partial charge in [-0.2, -0.15) is 5.10 Å². The van der Waals surface area contributed by atoms with Crippen LogP contribution in [0.5, 0.6) is 0 Å². The number of nitrogens with one attached hydrogen (secondary N) is 2. The standard InChI is InChI=1S/C28H37N5O2/c1-19(2)17-32(27(35)29-22-12-8-20(3)9-13-22)18-26(34)30-25-16-24(28(5,6)7)31-33(25)23-14-10-21(4)11-15-23/h8-16,19H,17-18H2,1-7H3,(H,29,35)(H,30,34). The van der Waals surface area contributed by atoms with Crippen molar-refractivity contribution in [2.24, 2.45) is 5.92 Å². The van der Waals surface area contributed by atoms with E-state index in [-0.39, 0.29) is 29.8 Å². The minimum atomic E-state index is -0.305. The molecule has 186 valence electrons. The van der Waals surface area contributed by atoms with Gasteiger partial charge in [-0.1, -0.05) is 70.0 Å². The summed E-state index contributed by atoms with van der Waals surface area (Å²) in [6.07, 6.45) is 0. The third-order valence-corrected chi connectivity index (χ3v) is 5.53. The van der Waals surface area contributed by atoms with Crippen molar-refractivity contribution in [1.82, 2.24) is 14.7 Å². The number of aryl methyl sites for hydroxylation is 2. The van der Waals surface area contributed by atoms with E-state index < -0.39 is 0 Å². The lowest BCUT2D eigenvalue weighted by Crippen LogP contribution is -2.42. The van der Waals surface area contributed by atoms with Gasteiger partial charge >= 0.3 is 6.03 Å². The second kappa shape index (κ2) is 10.8.